The van der Waals surface area contributed by atoms with Crippen molar-refractivity contribution < 1.29 is 23.9 Å². The number of rotatable bonds is 5. The van der Waals surface area contributed by atoms with Crippen molar-refractivity contribution in [1.82, 2.24) is 15.3 Å². The number of ether oxygens (including phenoxy) is 2. The highest BCUT2D eigenvalue weighted by Crippen LogP contribution is 2.18. The Kier molecular flexibility index (Phi) is 6.57. The van der Waals surface area contributed by atoms with Gasteiger partial charge in [-0.25, -0.2) is 9.78 Å². The molecule has 1 rings (SSSR count). The highest BCUT2D eigenvalue weighted by molar-refractivity contribution is 8.00. The Bertz CT molecular complexity index is 630. The standard InChI is InChI=1S/C12H15N3O6S/c1-6(10(18)15-12(19)21-3)22-11-13-7(4-8(16)14-11)5-9(17)20-2/h4,6H,5H2,1-3H3,(H,13,14,16)(H,15,18,19)/t6-/m1/s1. The summed E-state index contributed by atoms with van der Waals surface area (Å²) in [7, 11) is 2.36. The molecule has 9 nitrogen and oxygen atoms in total. The van der Waals surface area contributed by atoms with Crippen molar-refractivity contribution in [2.45, 2.75) is 23.8 Å². The average Bonchev–Trinajstić information content (AvgIpc) is 2.46. The number of amides is 2. The first kappa shape index (κ1) is 17.7. The van der Waals surface area contributed by atoms with Gasteiger partial charge in [0.25, 0.3) is 5.56 Å². The summed E-state index contributed by atoms with van der Waals surface area (Å²) in [5.74, 6) is -1.14. The van der Waals surface area contributed by atoms with Gasteiger partial charge in [-0.2, -0.15) is 0 Å². The first-order valence-electron chi connectivity index (χ1n) is 6.08. The number of alkyl carbamates (subject to hydrolysis) is 1. The van der Waals surface area contributed by atoms with Crippen LogP contribution in [0.15, 0.2) is 16.0 Å². The Labute approximate surface area is 129 Å². The van der Waals surface area contributed by atoms with Gasteiger partial charge in [0, 0.05) is 6.07 Å². The number of hydrogen-bond acceptors (Lipinski definition) is 8. The monoisotopic (exact) mass is 329 g/mol. The lowest BCUT2D eigenvalue weighted by Gasteiger charge is -2.10. The highest BCUT2D eigenvalue weighted by Gasteiger charge is 2.19. The van der Waals surface area contributed by atoms with E-state index in [9.17, 15) is 19.2 Å². The smallest absolute Gasteiger partial charge is 0.413 e. The predicted octanol–water partition coefficient (Wildman–Crippen LogP) is -0.151. The molecule has 0 saturated heterocycles. The SMILES string of the molecule is COC(=O)Cc1cc(=O)[nH]c(S[C@H](C)C(=O)NC(=O)OC)n1. The van der Waals surface area contributed by atoms with Crippen LogP contribution in [0.4, 0.5) is 4.79 Å². The van der Waals surface area contributed by atoms with Crippen LogP contribution in [-0.2, 0) is 25.5 Å². The maximum Gasteiger partial charge on any atom is 0.413 e. The van der Waals surface area contributed by atoms with Crippen molar-refractivity contribution in [2.75, 3.05) is 14.2 Å². The third kappa shape index (κ3) is 5.56. The molecule has 1 atom stereocenters. The van der Waals surface area contributed by atoms with E-state index >= 15 is 0 Å². The first-order chi connectivity index (χ1) is 10.3. The van der Waals surface area contributed by atoms with E-state index in [4.69, 9.17) is 0 Å². The third-order valence-electron chi connectivity index (χ3n) is 2.39. The number of hydrogen-bond donors (Lipinski definition) is 2. The molecule has 0 saturated carbocycles. The Balaban J connectivity index is 2.80. The molecule has 0 radical (unpaired) electrons. The number of methoxy groups -OCH3 is 2. The lowest BCUT2D eigenvalue weighted by Crippen LogP contribution is -2.36. The van der Waals surface area contributed by atoms with Gasteiger partial charge in [0.1, 0.15) is 0 Å². The molecule has 1 aromatic rings. The number of H-pyrrole nitrogens is 1. The van der Waals surface area contributed by atoms with Crippen molar-refractivity contribution in [2.24, 2.45) is 0 Å². The van der Waals surface area contributed by atoms with Crippen LogP contribution in [0.1, 0.15) is 12.6 Å². The van der Waals surface area contributed by atoms with E-state index in [0.717, 1.165) is 18.9 Å². The van der Waals surface area contributed by atoms with E-state index in [0.29, 0.717) is 0 Å². The summed E-state index contributed by atoms with van der Waals surface area (Å²) in [5.41, 5.74) is -0.240. The molecule has 0 aliphatic heterocycles. The molecule has 0 unspecified atom stereocenters. The van der Waals surface area contributed by atoms with Crippen LogP contribution in [0, 0.1) is 0 Å². The summed E-state index contributed by atoms with van der Waals surface area (Å²) >= 11 is 0.929. The number of aromatic amines is 1. The van der Waals surface area contributed by atoms with E-state index in [1.807, 2.05) is 5.32 Å². The lowest BCUT2D eigenvalue weighted by molar-refractivity contribution is -0.139. The zero-order valence-corrected chi connectivity index (χ0v) is 13.0. The van der Waals surface area contributed by atoms with Gasteiger partial charge in [-0.1, -0.05) is 11.8 Å². The second kappa shape index (κ2) is 8.17. The number of nitrogens with one attached hydrogen (secondary N) is 2. The molecule has 0 fully saturated rings. The minimum absolute atomic E-state index is 0.152. The van der Waals surface area contributed by atoms with Gasteiger partial charge >= 0.3 is 12.1 Å². The summed E-state index contributed by atoms with van der Waals surface area (Å²) in [5, 5.41) is 1.44. The summed E-state index contributed by atoms with van der Waals surface area (Å²) in [4.78, 5) is 51.8. The zero-order valence-electron chi connectivity index (χ0n) is 12.2. The fourth-order valence-corrected chi connectivity index (χ4v) is 2.15. The molecule has 0 aliphatic rings. The van der Waals surface area contributed by atoms with Gasteiger partial charge in [-0.05, 0) is 6.92 Å². The number of carbonyl (C=O) groups is 3. The summed E-state index contributed by atoms with van der Waals surface area (Å²) in [6, 6.07) is 1.17. The minimum atomic E-state index is -0.877. The van der Waals surface area contributed by atoms with Crippen LogP contribution in [-0.4, -0.2) is 47.4 Å². The molecule has 1 heterocycles. The van der Waals surface area contributed by atoms with E-state index in [1.54, 1.807) is 0 Å². The van der Waals surface area contributed by atoms with E-state index < -0.39 is 28.8 Å². The molecule has 22 heavy (non-hydrogen) atoms. The average molecular weight is 329 g/mol. The first-order valence-corrected chi connectivity index (χ1v) is 6.96. The topological polar surface area (TPSA) is 127 Å². The predicted molar refractivity (Wildman–Crippen MR) is 76.4 cm³/mol. The maximum atomic E-state index is 11.7. The van der Waals surface area contributed by atoms with E-state index in [1.165, 1.54) is 20.1 Å². The van der Waals surface area contributed by atoms with Crippen molar-refractivity contribution in [3.05, 3.63) is 22.1 Å². The van der Waals surface area contributed by atoms with Gasteiger partial charge in [0.2, 0.25) is 5.91 Å². The minimum Gasteiger partial charge on any atom is -0.469 e. The van der Waals surface area contributed by atoms with Crippen molar-refractivity contribution in [3.63, 3.8) is 0 Å². The molecule has 2 N–H and O–H groups in total. The molecule has 0 spiro atoms. The van der Waals surface area contributed by atoms with E-state index in [2.05, 4.69) is 19.4 Å². The summed E-state index contributed by atoms with van der Waals surface area (Å²) in [6.07, 6.45) is -1.03. The van der Waals surface area contributed by atoms with Gasteiger partial charge in [-0.15, -0.1) is 0 Å². The number of esters is 1. The zero-order chi connectivity index (χ0) is 16.7. The highest BCUT2D eigenvalue weighted by atomic mass is 32.2. The van der Waals surface area contributed by atoms with Gasteiger partial charge in [-0.3, -0.25) is 19.7 Å². The van der Waals surface area contributed by atoms with Crippen LogP contribution in [0.5, 0.6) is 0 Å². The molecular weight excluding hydrogens is 314 g/mol. The Morgan fingerprint density at radius 2 is 2.05 bits per heavy atom. The molecular formula is C12H15N3O6S. The Hall–Kier alpha value is -2.36. The second-order valence-corrected chi connectivity index (χ2v) is 5.37. The van der Waals surface area contributed by atoms with Gasteiger partial charge in [0.15, 0.2) is 5.16 Å². The Morgan fingerprint density at radius 1 is 1.36 bits per heavy atom. The largest absolute Gasteiger partial charge is 0.469 e. The molecule has 0 bridgehead atoms. The number of carbonyl (C=O) groups excluding carboxylic acids is 3. The Morgan fingerprint density at radius 3 is 2.64 bits per heavy atom. The normalized spacial score (nSPS) is 11.4. The summed E-state index contributed by atoms with van der Waals surface area (Å²) in [6.45, 7) is 1.52. The summed E-state index contributed by atoms with van der Waals surface area (Å²) < 4.78 is 8.81. The second-order valence-electron chi connectivity index (χ2n) is 4.04. The van der Waals surface area contributed by atoms with Crippen molar-refractivity contribution >= 4 is 29.7 Å². The van der Waals surface area contributed by atoms with Crippen molar-refractivity contribution in [1.29, 1.82) is 0 Å². The van der Waals surface area contributed by atoms with Crippen LogP contribution in [0.3, 0.4) is 0 Å². The van der Waals surface area contributed by atoms with Crippen LogP contribution < -0.4 is 10.9 Å². The quantitative estimate of drug-likeness (QED) is 0.434. The molecule has 120 valence electrons. The fourth-order valence-electron chi connectivity index (χ4n) is 1.32. The number of thioether (sulfide) groups is 1. The number of nitrogens with zero attached hydrogens (tertiary/aromatic N) is 1. The van der Waals surface area contributed by atoms with E-state index in [-0.39, 0.29) is 17.3 Å². The maximum absolute atomic E-state index is 11.7. The lowest BCUT2D eigenvalue weighted by atomic mass is 10.3. The molecule has 10 heteroatoms. The molecule has 0 aliphatic carbocycles. The molecule has 0 aromatic carbocycles. The van der Waals surface area contributed by atoms with Crippen LogP contribution >= 0.6 is 11.8 Å². The van der Waals surface area contributed by atoms with Gasteiger partial charge in [0.05, 0.1) is 31.6 Å². The van der Waals surface area contributed by atoms with Gasteiger partial charge < -0.3 is 14.5 Å². The van der Waals surface area contributed by atoms with Crippen LogP contribution in [0.25, 0.3) is 0 Å². The number of imide groups is 1. The van der Waals surface area contributed by atoms with Crippen LogP contribution in [0.2, 0.25) is 0 Å². The molecule has 1 aromatic heterocycles. The number of aromatic nitrogens is 2. The van der Waals surface area contributed by atoms with Crippen molar-refractivity contribution in [3.8, 4) is 0 Å². The fraction of sp³-hybridized carbons (Fsp3) is 0.417. The molecule has 2 amide bonds. The third-order valence-corrected chi connectivity index (χ3v) is 3.38.